The van der Waals surface area contributed by atoms with E-state index in [1.54, 1.807) is 0 Å². The highest BCUT2D eigenvalue weighted by atomic mass is 35.5. The van der Waals surface area contributed by atoms with Crippen molar-refractivity contribution in [1.82, 2.24) is 20.2 Å². The number of thiophene rings is 1. The summed E-state index contributed by atoms with van der Waals surface area (Å²) in [5, 5.41) is 25.1. The van der Waals surface area contributed by atoms with Gasteiger partial charge in [0.2, 0.25) is 5.82 Å². The molecule has 0 saturated carbocycles. The third kappa shape index (κ3) is 4.87. The average Bonchev–Trinajstić information content (AvgIpc) is 3.32. The van der Waals surface area contributed by atoms with Crippen LogP contribution in [0.25, 0.3) is 10.7 Å². The van der Waals surface area contributed by atoms with Crippen LogP contribution in [-0.4, -0.2) is 38.7 Å². The number of carbonyl (C=O) groups is 2. The van der Waals surface area contributed by atoms with Crippen LogP contribution in [0.5, 0.6) is 0 Å². The number of hydrogen-bond donors (Lipinski definition) is 1. The molecule has 0 aliphatic heterocycles. The van der Waals surface area contributed by atoms with Gasteiger partial charge in [0.25, 0.3) is 5.91 Å². The summed E-state index contributed by atoms with van der Waals surface area (Å²) in [7, 11) is 0. The molecule has 3 aromatic rings. The Balaban J connectivity index is 1.48. The number of nitriles is 1. The van der Waals surface area contributed by atoms with Crippen LogP contribution in [0.4, 0.5) is 5.69 Å². The molecule has 1 aromatic carbocycles. The average molecular weight is 403 g/mol. The number of tetrazole rings is 1. The number of anilines is 1. The molecule has 0 bridgehead atoms. The topological polar surface area (TPSA) is 123 Å². The SMILES string of the molecule is N#Cc1ccc(NC(=O)COC(=O)Cn2nnc(-c3cccs3)n2)cc1Cl. The first-order valence-corrected chi connectivity index (χ1v) is 8.78. The zero-order valence-corrected chi connectivity index (χ0v) is 15.2. The maximum atomic E-state index is 11.8. The van der Waals surface area contributed by atoms with Crippen LogP contribution in [0.2, 0.25) is 5.02 Å². The highest BCUT2D eigenvalue weighted by Gasteiger charge is 2.13. The van der Waals surface area contributed by atoms with E-state index in [-0.39, 0.29) is 11.6 Å². The molecular weight excluding hydrogens is 392 g/mol. The number of nitrogens with one attached hydrogen (secondary N) is 1. The highest BCUT2D eigenvalue weighted by molar-refractivity contribution is 7.13. The molecule has 27 heavy (non-hydrogen) atoms. The minimum Gasteiger partial charge on any atom is -0.454 e. The van der Waals surface area contributed by atoms with E-state index in [1.807, 2.05) is 23.6 Å². The van der Waals surface area contributed by atoms with Crippen molar-refractivity contribution in [1.29, 1.82) is 5.26 Å². The molecule has 0 fully saturated rings. The molecule has 0 saturated heterocycles. The Labute approximate surface area is 162 Å². The smallest absolute Gasteiger partial charge is 0.330 e. The molecule has 0 spiro atoms. The largest absolute Gasteiger partial charge is 0.454 e. The van der Waals surface area contributed by atoms with Crippen molar-refractivity contribution < 1.29 is 14.3 Å². The molecule has 11 heteroatoms. The summed E-state index contributed by atoms with van der Waals surface area (Å²) in [6, 6.07) is 10.0. The molecule has 1 amide bonds. The Hall–Kier alpha value is -3.29. The van der Waals surface area contributed by atoms with Crippen LogP contribution in [-0.2, 0) is 20.9 Å². The standard InChI is InChI=1S/C16H11ClN6O3S/c17-12-6-11(4-3-10(12)7-18)19-14(24)9-26-15(25)8-23-21-16(20-22-23)13-2-1-5-27-13/h1-6H,8-9H2,(H,19,24). The van der Waals surface area contributed by atoms with Gasteiger partial charge in [-0.25, -0.2) is 4.79 Å². The minimum atomic E-state index is -0.682. The van der Waals surface area contributed by atoms with E-state index in [4.69, 9.17) is 21.6 Å². The van der Waals surface area contributed by atoms with Crippen LogP contribution in [0, 0.1) is 11.3 Å². The first-order valence-electron chi connectivity index (χ1n) is 7.52. The number of ether oxygens (including phenoxy) is 1. The van der Waals surface area contributed by atoms with Gasteiger partial charge in [0, 0.05) is 5.69 Å². The third-order valence-electron chi connectivity index (χ3n) is 3.20. The second-order valence-corrected chi connectivity index (χ2v) is 6.49. The molecule has 3 rings (SSSR count). The lowest BCUT2D eigenvalue weighted by molar-refractivity contribution is -0.148. The number of halogens is 1. The molecular formula is C16H11ClN6O3S. The van der Waals surface area contributed by atoms with Crippen molar-refractivity contribution in [2.75, 3.05) is 11.9 Å². The summed E-state index contributed by atoms with van der Waals surface area (Å²) >= 11 is 7.34. The van der Waals surface area contributed by atoms with Gasteiger partial charge in [-0.3, -0.25) is 4.79 Å². The highest BCUT2D eigenvalue weighted by Crippen LogP contribution is 2.20. The Morgan fingerprint density at radius 3 is 2.93 bits per heavy atom. The van der Waals surface area contributed by atoms with Crippen molar-refractivity contribution in [3.63, 3.8) is 0 Å². The molecule has 0 radical (unpaired) electrons. The normalized spacial score (nSPS) is 10.2. The molecule has 0 aliphatic carbocycles. The molecule has 2 heterocycles. The Morgan fingerprint density at radius 1 is 1.37 bits per heavy atom. The van der Waals surface area contributed by atoms with Gasteiger partial charge in [0.05, 0.1) is 15.5 Å². The summed E-state index contributed by atoms with van der Waals surface area (Å²) < 4.78 is 4.89. The molecule has 9 nitrogen and oxygen atoms in total. The van der Waals surface area contributed by atoms with Crippen molar-refractivity contribution >= 4 is 40.5 Å². The second kappa shape index (κ2) is 8.39. The number of aromatic nitrogens is 4. The van der Waals surface area contributed by atoms with Gasteiger partial charge in [0.1, 0.15) is 6.07 Å². The van der Waals surface area contributed by atoms with E-state index in [2.05, 4.69) is 20.7 Å². The van der Waals surface area contributed by atoms with Gasteiger partial charge in [-0.05, 0) is 34.9 Å². The van der Waals surface area contributed by atoms with Gasteiger partial charge in [0.15, 0.2) is 13.2 Å². The predicted octanol–water partition coefficient (Wildman–Crippen LogP) is 2.11. The first-order chi connectivity index (χ1) is 13.0. The molecule has 0 atom stereocenters. The number of esters is 1. The Bertz CT molecular complexity index is 1010. The van der Waals surface area contributed by atoms with Crippen LogP contribution in [0.3, 0.4) is 0 Å². The van der Waals surface area contributed by atoms with E-state index in [0.29, 0.717) is 17.1 Å². The van der Waals surface area contributed by atoms with Crippen LogP contribution in [0.15, 0.2) is 35.7 Å². The summed E-state index contributed by atoms with van der Waals surface area (Å²) in [4.78, 5) is 25.6. The molecule has 0 aliphatic rings. The van der Waals surface area contributed by atoms with E-state index in [1.165, 1.54) is 29.5 Å². The summed E-state index contributed by atoms with van der Waals surface area (Å²) in [6.07, 6.45) is 0. The summed E-state index contributed by atoms with van der Waals surface area (Å²) in [5.41, 5.74) is 0.682. The van der Waals surface area contributed by atoms with Gasteiger partial charge < -0.3 is 10.1 Å². The number of rotatable bonds is 6. The van der Waals surface area contributed by atoms with Crippen LogP contribution in [0.1, 0.15) is 5.56 Å². The fourth-order valence-corrected chi connectivity index (χ4v) is 2.87. The van der Waals surface area contributed by atoms with Gasteiger partial charge in [-0.1, -0.05) is 17.7 Å². The van der Waals surface area contributed by atoms with Crippen molar-refractivity contribution in [3.05, 3.63) is 46.3 Å². The second-order valence-electron chi connectivity index (χ2n) is 5.14. The van der Waals surface area contributed by atoms with Crippen molar-refractivity contribution in [2.45, 2.75) is 6.54 Å². The summed E-state index contributed by atoms with van der Waals surface area (Å²) in [6.45, 7) is -0.753. The maximum Gasteiger partial charge on any atom is 0.330 e. The number of carbonyl (C=O) groups excluding carboxylic acids is 2. The van der Waals surface area contributed by atoms with E-state index < -0.39 is 18.5 Å². The quantitative estimate of drug-likeness (QED) is 0.626. The number of hydrogen-bond acceptors (Lipinski definition) is 8. The molecule has 2 aromatic heterocycles. The minimum absolute atomic E-state index is 0.214. The summed E-state index contributed by atoms with van der Waals surface area (Å²) in [5.74, 6) is -0.818. The van der Waals surface area contributed by atoms with E-state index in [9.17, 15) is 9.59 Å². The van der Waals surface area contributed by atoms with Gasteiger partial charge in [-0.15, -0.1) is 21.5 Å². The fourth-order valence-electron chi connectivity index (χ4n) is 2.00. The zero-order chi connectivity index (χ0) is 19.2. The van der Waals surface area contributed by atoms with Gasteiger partial charge in [-0.2, -0.15) is 10.1 Å². The monoisotopic (exact) mass is 402 g/mol. The molecule has 0 unspecified atom stereocenters. The number of benzene rings is 1. The molecule has 136 valence electrons. The Kier molecular flexibility index (Phi) is 5.75. The lowest BCUT2D eigenvalue weighted by Gasteiger charge is -2.07. The van der Waals surface area contributed by atoms with Crippen molar-refractivity contribution in [2.24, 2.45) is 0 Å². The number of amides is 1. The van der Waals surface area contributed by atoms with Gasteiger partial charge >= 0.3 is 5.97 Å². The Morgan fingerprint density at radius 2 is 2.22 bits per heavy atom. The van der Waals surface area contributed by atoms with E-state index in [0.717, 1.165) is 9.67 Å². The lowest BCUT2D eigenvalue weighted by Crippen LogP contribution is -2.23. The third-order valence-corrected chi connectivity index (χ3v) is 4.38. The fraction of sp³-hybridized carbons (Fsp3) is 0.125. The van der Waals surface area contributed by atoms with Crippen molar-refractivity contribution in [3.8, 4) is 16.8 Å². The maximum absolute atomic E-state index is 11.8. The molecule has 1 N–H and O–H groups in total. The number of nitrogens with zero attached hydrogens (tertiary/aromatic N) is 5. The van der Waals surface area contributed by atoms with Crippen LogP contribution < -0.4 is 5.32 Å². The lowest BCUT2D eigenvalue weighted by atomic mass is 10.2. The van der Waals surface area contributed by atoms with Crippen LogP contribution >= 0.6 is 22.9 Å². The van der Waals surface area contributed by atoms with E-state index >= 15 is 0 Å². The first kappa shape index (κ1) is 18.5. The predicted molar refractivity (Wildman–Crippen MR) is 96.9 cm³/mol. The zero-order valence-electron chi connectivity index (χ0n) is 13.6.